The Morgan fingerprint density at radius 3 is 2.14 bits per heavy atom. The SMILES string of the molecule is C=CCC/C=C/B1/C(=C\NCC=C)C(CC(=C)C(C)(C)C)N(c2cc(C(C)(C)C)c(C(C)(C)C)cc2C2=CCCC=C2)c2c1sc1cc3c(cc21)C(C)CCC3C. The van der Waals surface area contributed by atoms with Crippen molar-refractivity contribution in [3.05, 3.63) is 131 Å². The summed E-state index contributed by atoms with van der Waals surface area (Å²) in [5.74, 6) is 3.62. The summed E-state index contributed by atoms with van der Waals surface area (Å²) in [5.41, 5.74) is 13.8. The van der Waals surface area contributed by atoms with E-state index in [1.807, 2.05) is 23.5 Å². The van der Waals surface area contributed by atoms with Gasteiger partial charge in [-0.1, -0.05) is 130 Å². The zero-order chi connectivity index (χ0) is 41.4. The van der Waals surface area contributed by atoms with Crippen LogP contribution in [0.25, 0.3) is 15.7 Å². The molecule has 3 atom stereocenters. The third-order valence-corrected chi connectivity index (χ3v) is 14.0. The second-order valence-electron chi connectivity index (χ2n) is 20.3. The number of hydrogen-bond donors (Lipinski definition) is 1. The Morgan fingerprint density at radius 1 is 0.877 bits per heavy atom. The highest BCUT2D eigenvalue weighted by atomic mass is 32.1. The number of hydrogen-bond acceptors (Lipinski definition) is 3. The summed E-state index contributed by atoms with van der Waals surface area (Å²) in [6.07, 6.45) is 23.4. The molecule has 1 aromatic heterocycles. The quantitative estimate of drug-likeness (QED) is 0.118. The molecule has 57 heavy (non-hydrogen) atoms. The summed E-state index contributed by atoms with van der Waals surface area (Å²) in [6.45, 7) is 40.0. The van der Waals surface area contributed by atoms with Crippen molar-refractivity contribution in [1.29, 1.82) is 0 Å². The fourth-order valence-corrected chi connectivity index (χ4v) is 10.5. The number of fused-ring (bicyclic) bond motifs is 4. The second kappa shape index (κ2) is 16.8. The van der Waals surface area contributed by atoms with Crippen LogP contribution >= 0.6 is 11.3 Å². The van der Waals surface area contributed by atoms with E-state index in [-0.39, 0.29) is 29.0 Å². The van der Waals surface area contributed by atoms with E-state index < -0.39 is 0 Å². The van der Waals surface area contributed by atoms with Crippen molar-refractivity contribution < 1.29 is 0 Å². The lowest BCUT2D eigenvalue weighted by molar-refractivity contribution is 0.474. The van der Waals surface area contributed by atoms with Crippen LogP contribution in [0.1, 0.15) is 161 Å². The molecular weight excluding hydrogens is 707 g/mol. The molecule has 4 heteroatoms. The highest BCUT2D eigenvalue weighted by Crippen LogP contribution is 2.51. The Morgan fingerprint density at radius 2 is 1.54 bits per heavy atom. The van der Waals surface area contributed by atoms with Crippen molar-refractivity contribution in [3.63, 3.8) is 0 Å². The predicted octanol–water partition coefficient (Wildman–Crippen LogP) is 14.7. The third kappa shape index (κ3) is 8.83. The molecule has 3 aromatic rings. The van der Waals surface area contributed by atoms with Gasteiger partial charge in [-0.15, -0.1) is 30.5 Å². The average Bonchev–Trinajstić information content (AvgIpc) is 3.52. The lowest BCUT2D eigenvalue weighted by Gasteiger charge is -2.45. The highest BCUT2D eigenvalue weighted by molar-refractivity contribution is 7.31. The highest BCUT2D eigenvalue weighted by Gasteiger charge is 2.44. The first kappa shape index (κ1) is 42.8. The number of nitrogens with zero attached hydrogens (tertiary/aromatic N) is 1. The van der Waals surface area contributed by atoms with Crippen LogP contribution in [0.4, 0.5) is 11.4 Å². The van der Waals surface area contributed by atoms with Crippen LogP contribution < -0.4 is 15.0 Å². The van der Waals surface area contributed by atoms with Gasteiger partial charge in [0, 0.05) is 32.7 Å². The molecule has 0 saturated carbocycles. The van der Waals surface area contributed by atoms with Crippen LogP contribution in [0.3, 0.4) is 0 Å². The number of unbranched alkanes of at least 4 members (excludes halogenated alkanes) is 1. The Hall–Kier alpha value is -3.76. The van der Waals surface area contributed by atoms with Crippen LogP contribution in [0.2, 0.25) is 0 Å². The first-order chi connectivity index (χ1) is 26.9. The van der Waals surface area contributed by atoms with E-state index in [1.54, 1.807) is 11.1 Å². The normalized spacial score (nSPS) is 20.9. The Balaban J connectivity index is 1.80. The summed E-state index contributed by atoms with van der Waals surface area (Å²) in [4.78, 5) is 2.81. The molecule has 1 N–H and O–H groups in total. The van der Waals surface area contributed by atoms with Gasteiger partial charge in [-0.05, 0) is 131 Å². The minimum Gasteiger partial charge on any atom is -0.388 e. The van der Waals surface area contributed by atoms with Crippen LogP contribution in [-0.4, -0.2) is 19.3 Å². The van der Waals surface area contributed by atoms with Gasteiger partial charge >= 0.3 is 0 Å². The molecule has 0 fully saturated rings. The van der Waals surface area contributed by atoms with Gasteiger partial charge in [-0.25, -0.2) is 0 Å². The fourth-order valence-electron chi connectivity index (χ4n) is 9.17. The molecule has 0 bridgehead atoms. The van der Waals surface area contributed by atoms with Crippen LogP contribution in [0.15, 0.2) is 104 Å². The Kier molecular flexibility index (Phi) is 12.7. The van der Waals surface area contributed by atoms with Gasteiger partial charge in [0.2, 0.25) is 6.71 Å². The van der Waals surface area contributed by atoms with E-state index in [4.69, 9.17) is 6.58 Å². The molecule has 0 radical (unpaired) electrons. The molecule has 0 saturated heterocycles. The van der Waals surface area contributed by atoms with Gasteiger partial charge in [-0.2, -0.15) is 0 Å². The Labute approximate surface area is 351 Å². The molecule has 2 aromatic carbocycles. The number of benzene rings is 2. The van der Waals surface area contributed by atoms with Gasteiger partial charge in [0.05, 0.1) is 11.7 Å². The monoisotopic (exact) mass is 779 g/mol. The first-order valence-corrected chi connectivity index (χ1v) is 22.6. The molecule has 2 aliphatic carbocycles. The molecule has 0 spiro atoms. The van der Waals surface area contributed by atoms with Gasteiger partial charge in [0.1, 0.15) is 0 Å². The molecule has 0 amide bonds. The van der Waals surface area contributed by atoms with Crippen molar-refractivity contribution in [2.24, 2.45) is 5.41 Å². The molecule has 2 heterocycles. The van der Waals surface area contributed by atoms with Crippen molar-refractivity contribution in [1.82, 2.24) is 5.32 Å². The van der Waals surface area contributed by atoms with Gasteiger partial charge in [-0.3, -0.25) is 0 Å². The summed E-state index contributed by atoms with van der Waals surface area (Å²) >= 11 is 2.02. The minimum atomic E-state index is -0.0578. The lowest BCUT2D eigenvalue weighted by Crippen LogP contribution is -2.51. The van der Waals surface area contributed by atoms with Crippen molar-refractivity contribution in [2.75, 3.05) is 11.4 Å². The molecule has 2 nitrogen and oxygen atoms in total. The zero-order valence-electron chi connectivity index (χ0n) is 37.4. The van der Waals surface area contributed by atoms with E-state index in [0.717, 1.165) is 32.1 Å². The van der Waals surface area contributed by atoms with Gasteiger partial charge in [0.15, 0.2) is 0 Å². The molecule has 3 unspecified atom stereocenters. The number of nitrogens with one attached hydrogen (secondary N) is 1. The van der Waals surface area contributed by atoms with Crippen molar-refractivity contribution >= 4 is 49.9 Å². The van der Waals surface area contributed by atoms with Crippen LogP contribution in [0.5, 0.6) is 0 Å². The fraction of sp³-hybridized carbons (Fsp3) is 0.472. The third-order valence-electron chi connectivity index (χ3n) is 12.8. The summed E-state index contributed by atoms with van der Waals surface area (Å²) in [6, 6.07) is 10.4. The van der Waals surface area contributed by atoms with E-state index in [9.17, 15) is 0 Å². The molecule has 302 valence electrons. The van der Waals surface area contributed by atoms with E-state index >= 15 is 0 Å². The van der Waals surface area contributed by atoms with E-state index in [1.165, 1.54) is 72.4 Å². The van der Waals surface area contributed by atoms with E-state index in [2.05, 4.69) is 160 Å². The van der Waals surface area contributed by atoms with Crippen LogP contribution in [-0.2, 0) is 10.8 Å². The molecular formula is C53H71BN2S. The standard InChI is InChI=1S/C53H71BN2S/c1-15-17-18-22-27-54-45(34-55-28-16-2)47(29-37(5)51(6,7)8)56(49-42-30-39-35(3)25-26-36(4)40(39)32-48(42)57-50(49)54)46-33-44(53(12,13)14)43(52(9,10)11)31-41(46)38-23-20-19-21-24-38/h15-16,20,22-24,27,30-36,47,55H,1-2,5,17-19,21,25-26,28-29H2,3-4,6-14H3/b27-22+,45-34-. The van der Waals surface area contributed by atoms with E-state index in [0.29, 0.717) is 18.4 Å². The first-order valence-electron chi connectivity index (χ1n) is 21.8. The largest absolute Gasteiger partial charge is 0.388 e. The number of anilines is 2. The summed E-state index contributed by atoms with van der Waals surface area (Å²) in [7, 11) is 0. The maximum absolute atomic E-state index is 4.85. The number of thiophene rings is 1. The minimum absolute atomic E-state index is 0.0240. The topological polar surface area (TPSA) is 15.3 Å². The summed E-state index contributed by atoms with van der Waals surface area (Å²) < 4.78 is 2.84. The zero-order valence-corrected chi connectivity index (χ0v) is 38.2. The van der Waals surface area contributed by atoms with Crippen molar-refractivity contribution in [2.45, 2.75) is 150 Å². The number of allylic oxidation sites excluding steroid dienone is 6. The Bertz CT molecular complexity index is 2130. The average molecular weight is 779 g/mol. The lowest BCUT2D eigenvalue weighted by atomic mass is 9.39. The smallest absolute Gasteiger partial charge is 0.249 e. The second-order valence-corrected chi connectivity index (χ2v) is 21.4. The molecule has 3 aliphatic rings. The van der Waals surface area contributed by atoms with Gasteiger partial charge in [0.25, 0.3) is 0 Å². The summed E-state index contributed by atoms with van der Waals surface area (Å²) in [5, 5.41) is 5.11. The van der Waals surface area contributed by atoms with Crippen LogP contribution in [0, 0.1) is 5.41 Å². The van der Waals surface area contributed by atoms with Crippen molar-refractivity contribution in [3.8, 4) is 0 Å². The number of rotatable bonds is 11. The van der Waals surface area contributed by atoms with Gasteiger partial charge < -0.3 is 10.2 Å². The predicted molar refractivity (Wildman–Crippen MR) is 257 cm³/mol. The molecule has 1 aliphatic heterocycles. The maximum Gasteiger partial charge on any atom is 0.249 e. The molecule has 6 rings (SSSR count). The maximum atomic E-state index is 4.85.